The molecule has 0 radical (unpaired) electrons. The number of nitriles is 1. The maximum Gasteiger partial charge on any atom is 0.138 e. The SMILES string of the molecule is CSc1cccc(OCC2CCCO2)c1C#N. The van der Waals surface area contributed by atoms with Gasteiger partial charge in [0.05, 0.1) is 6.10 Å². The molecular weight excluding hydrogens is 234 g/mol. The zero-order valence-corrected chi connectivity index (χ0v) is 10.6. The maximum atomic E-state index is 9.15. The summed E-state index contributed by atoms with van der Waals surface area (Å²) in [5.41, 5.74) is 0.623. The molecule has 1 aromatic rings. The van der Waals surface area contributed by atoms with Crippen LogP contribution in [0, 0.1) is 11.3 Å². The Balaban J connectivity index is 2.07. The predicted molar refractivity (Wildman–Crippen MR) is 67.4 cm³/mol. The molecule has 0 spiro atoms. The maximum absolute atomic E-state index is 9.15. The molecule has 0 N–H and O–H groups in total. The highest BCUT2D eigenvalue weighted by Gasteiger charge is 2.17. The van der Waals surface area contributed by atoms with Gasteiger partial charge in [-0.2, -0.15) is 5.26 Å². The van der Waals surface area contributed by atoms with E-state index in [4.69, 9.17) is 14.7 Å². The fraction of sp³-hybridized carbons (Fsp3) is 0.462. The normalized spacial score (nSPS) is 18.9. The summed E-state index contributed by atoms with van der Waals surface area (Å²) in [5, 5.41) is 9.15. The molecule has 1 saturated heterocycles. The van der Waals surface area contributed by atoms with Crippen LogP contribution < -0.4 is 4.74 Å². The lowest BCUT2D eigenvalue weighted by atomic mass is 10.2. The first-order valence-electron chi connectivity index (χ1n) is 5.66. The van der Waals surface area contributed by atoms with Crippen molar-refractivity contribution in [1.82, 2.24) is 0 Å². The van der Waals surface area contributed by atoms with Crippen LogP contribution in [-0.2, 0) is 4.74 Å². The van der Waals surface area contributed by atoms with E-state index in [-0.39, 0.29) is 6.10 Å². The van der Waals surface area contributed by atoms with Gasteiger partial charge in [0.2, 0.25) is 0 Å². The molecule has 17 heavy (non-hydrogen) atoms. The fourth-order valence-electron chi connectivity index (χ4n) is 1.87. The van der Waals surface area contributed by atoms with Crippen LogP contribution in [-0.4, -0.2) is 25.6 Å². The molecule has 3 nitrogen and oxygen atoms in total. The van der Waals surface area contributed by atoms with Crippen LogP contribution >= 0.6 is 11.8 Å². The van der Waals surface area contributed by atoms with Crippen LogP contribution in [0.25, 0.3) is 0 Å². The Kier molecular flexibility index (Phi) is 4.29. The summed E-state index contributed by atoms with van der Waals surface area (Å²) in [6, 6.07) is 7.89. The zero-order chi connectivity index (χ0) is 12.1. The van der Waals surface area contributed by atoms with E-state index in [9.17, 15) is 0 Å². The highest BCUT2D eigenvalue weighted by atomic mass is 32.2. The first kappa shape index (κ1) is 12.3. The lowest BCUT2D eigenvalue weighted by Gasteiger charge is -2.13. The minimum absolute atomic E-state index is 0.180. The Hall–Kier alpha value is -1.18. The van der Waals surface area contributed by atoms with Gasteiger partial charge in [0.1, 0.15) is 24.0 Å². The highest BCUT2D eigenvalue weighted by Crippen LogP contribution is 2.28. The second-order valence-electron chi connectivity index (χ2n) is 3.89. The first-order chi connectivity index (χ1) is 8.35. The number of nitrogens with zero attached hydrogens (tertiary/aromatic N) is 1. The molecule has 0 aliphatic carbocycles. The number of rotatable bonds is 4. The van der Waals surface area contributed by atoms with Gasteiger partial charge in [-0.1, -0.05) is 6.07 Å². The molecule has 1 heterocycles. The number of hydrogen-bond donors (Lipinski definition) is 0. The van der Waals surface area contributed by atoms with E-state index in [1.807, 2.05) is 24.5 Å². The Morgan fingerprint density at radius 2 is 2.47 bits per heavy atom. The number of hydrogen-bond acceptors (Lipinski definition) is 4. The van der Waals surface area contributed by atoms with E-state index in [1.54, 1.807) is 11.8 Å². The smallest absolute Gasteiger partial charge is 0.138 e. The standard InChI is InChI=1S/C13H15NO2S/c1-17-13-6-2-5-12(11(13)8-14)16-9-10-4-3-7-15-10/h2,5-6,10H,3-4,7,9H2,1H3. The van der Waals surface area contributed by atoms with Crippen LogP contribution in [0.3, 0.4) is 0 Å². The van der Waals surface area contributed by atoms with E-state index < -0.39 is 0 Å². The third kappa shape index (κ3) is 2.93. The minimum Gasteiger partial charge on any atom is -0.489 e. The first-order valence-corrected chi connectivity index (χ1v) is 6.89. The van der Waals surface area contributed by atoms with Crippen molar-refractivity contribution in [1.29, 1.82) is 5.26 Å². The van der Waals surface area contributed by atoms with Crippen molar-refractivity contribution in [2.24, 2.45) is 0 Å². The molecule has 0 aromatic heterocycles. The molecule has 90 valence electrons. The largest absolute Gasteiger partial charge is 0.489 e. The van der Waals surface area contributed by atoms with Crippen LogP contribution in [0.15, 0.2) is 23.1 Å². The average molecular weight is 249 g/mol. The monoisotopic (exact) mass is 249 g/mol. The van der Waals surface area contributed by atoms with Gasteiger partial charge in [0.15, 0.2) is 0 Å². The Bertz CT molecular complexity index is 422. The van der Waals surface area contributed by atoms with Crippen molar-refractivity contribution in [2.75, 3.05) is 19.5 Å². The van der Waals surface area contributed by atoms with Crippen LogP contribution in [0.5, 0.6) is 5.75 Å². The summed E-state index contributed by atoms with van der Waals surface area (Å²) in [4.78, 5) is 0.956. The molecular formula is C13H15NO2S. The lowest BCUT2D eigenvalue weighted by molar-refractivity contribution is 0.0678. The van der Waals surface area contributed by atoms with Crippen molar-refractivity contribution in [3.63, 3.8) is 0 Å². The van der Waals surface area contributed by atoms with E-state index in [0.29, 0.717) is 17.9 Å². The zero-order valence-electron chi connectivity index (χ0n) is 9.81. The van der Waals surface area contributed by atoms with Crippen molar-refractivity contribution in [3.8, 4) is 11.8 Å². The molecule has 2 rings (SSSR count). The molecule has 1 atom stereocenters. The summed E-state index contributed by atoms with van der Waals surface area (Å²) in [6.45, 7) is 1.36. The Morgan fingerprint density at radius 3 is 3.12 bits per heavy atom. The van der Waals surface area contributed by atoms with Crippen molar-refractivity contribution in [3.05, 3.63) is 23.8 Å². The van der Waals surface area contributed by atoms with Gasteiger partial charge in [-0.15, -0.1) is 11.8 Å². The van der Waals surface area contributed by atoms with Crippen molar-refractivity contribution in [2.45, 2.75) is 23.8 Å². The van der Waals surface area contributed by atoms with E-state index in [2.05, 4.69) is 6.07 Å². The fourth-order valence-corrected chi connectivity index (χ4v) is 2.44. The molecule has 0 bridgehead atoms. The summed E-state index contributed by atoms with van der Waals surface area (Å²) in [7, 11) is 0. The van der Waals surface area contributed by atoms with E-state index >= 15 is 0 Å². The second-order valence-corrected chi connectivity index (χ2v) is 4.74. The van der Waals surface area contributed by atoms with Crippen molar-refractivity contribution < 1.29 is 9.47 Å². The molecule has 1 fully saturated rings. The highest BCUT2D eigenvalue weighted by molar-refractivity contribution is 7.98. The summed E-state index contributed by atoms with van der Waals surface area (Å²) in [5.74, 6) is 0.662. The summed E-state index contributed by atoms with van der Waals surface area (Å²) in [6.07, 6.45) is 4.29. The van der Waals surface area contributed by atoms with Gasteiger partial charge in [-0.3, -0.25) is 0 Å². The van der Waals surface area contributed by atoms with E-state index in [0.717, 1.165) is 24.3 Å². The minimum atomic E-state index is 0.180. The molecule has 1 aliphatic heterocycles. The van der Waals surface area contributed by atoms with Gasteiger partial charge in [0, 0.05) is 11.5 Å². The third-order valence-corrected chi connectivity index (χ3v) is 3.55. The second kappa shape index (κ2) is 5.95. The summed E-state index contributed by atoms with van der Waals surface area (Å²) >= 11 is 1.56. The topological polar surface area (TPSA) is 42.2 Å². The summed E-state index contributed by atoms with van der Waals surface area (Å²) < 4.78 is 11.2. The van der Waals surface area contributed by atoms with Crippen molar-refractivity contribution >= 4 is 11.8 Å². The number of ether oxygens (including phenoxy) is 2. The number of benzene rings is 1. The van der Waals surface area contributed by atoms with E-state index in [1.165, 1.54) is 0 Å². The Morgan fingerprint density at radius 1 is 1.59 bits per heavy atom. The predicted octanol–water partition coefficient (Wildman–Crippen LogP) is 2.84. The van der Waals surface area contributed by atoms with Gasteiger partial charge in [0.25, 0.3) is 0 Å². The molecule has 0 saturated carbocycles. The van der Waals surface area contributed by atoms with Gasteiger partial charge in [-0.05, 0) is 31.2 Å². The molecule has 4 heteroatoms. The molecule has 1 aromatic carbocycles. The quantitative estimate of drug-likeness (QED) is 0.769. The van der Waals surface area contributed by atoms with Crippen LogP contribution in [0.2, 0.25) is 0 Å². The lowest BCUT2D eigenvalue weighted by Crippen LogP contribution is -2.16. The average Bonchev–Trinajstić information content (AvgIpc) is 2.88. The van der Waals surface area contributed by atoms with Crippen LogP contribution in [0.4, 0.5) is 0 Å². The molecule has 1 unspecified atom stereocenters. The van der Waals surface area contributed by atoms with Gasteiger partial charge in [-0.25, -0.2) is 0 Å². The van der Waals surface area contributed by atoms with Gasteiger partial charge >= 0.3 is 0 Å². The molecule has 0 amide bonds. The number of thioether (sulfide) groups is 1. The Labute approximate surface area is 106 Å². The molecule has 1 aliphatic rings. The third-order valence-electron chi connectivity index (χ3n) is 2.77. The van der Waals surface area contributed by atoms with Gasteiger partial charge < -0.3 is 9.47 Å². The van der Waals surface area contributed by atoms with Crippen LogP contribution in [0.1, 0.15) is 18.4 Å².